The Morgan fingerprint density at radius 2 is 2.06 bits per heavy atom. The van der Waals surface area contributed by atoms with Crippen molar-refractivity contribution in [2.45, 2.75) is 51.7 Å². The fourth-order valence-electron chi connectivity index (χ4n) is 4.02. The van der Waals surface area contributed by atoms with Crippen LogP contribution >= 0.6 is 0 Å². The number of rotatable bonds is 8. The molecule has 0 aliphatic carbocycles. The molecule has 2 aliphatic rings. The van der Waals surface area contributed by atoms with Crippen molar-refractivity contribution in [1.82, 2.24) is 15.2 Å². The molecular weight excluding hydrogens is 414 g/mol. The highest BCUT2D eigenvalue weighted by Gasteiger charge is 2.29. The first-order chi connectivity index (χ1) is 15.3. The lowest BCUT2D eigenvalue weighted by molar-refractivity contribution is -0.142. The molecule has 0 aromatic carbocycles. The number of hydrogen-bond donors (Lipinski definition) is 3. The summed E-state index contributed by atoms with van der Waals surface area (Å²) < 4.78 is 0. The van der Waals surface area contributed by atoms with Gasteiger partial charge in [-0.25, -0.2) is 4.98 Å². The number of aliphatic carboxylic acids is 1. The molecule has 10 nitrogen and oxygen atoms in total. The Hall–Kier alpha value is -3.19. The van der Waals surface area contributed by atoms with Crippen LogP contribution in [0.15, 0.2) is 6.07 Å². The third-order valence-electron chi connectivity index (χ3n) is 6.07. The molecule has 32 heavy (non-hydrogen) atoms. The first-order valence-corrected chi connectivity index (χ1v) is 11.0. The van der Waals surface area contributed by atoms with E-state index < -0.39 is 23.9 Å². The zero-order chi connectivity index (χ0) is 23.3. The molecule has 1 unspecified atom stereocenters. The number of amides is 2. The van der Waals surface area contributed by atoms with Gasteiger partial charge in [0.25, 0.3) is 5.91 Å². The van der Waals surface area contributed by atoms with E-state index in [2.05, 4.69) is 16.4 Å². The second-order valence-corrected chi connectivity index (χ2v) is 8.26. The lowest BCUT2D eigenvalue weighted by Gasteiger charge is -2.32. The molecule has 0 bridgehead atoms. The number of carboxylic acids is 1. The zero-order valence-corrected chi connectivity index (χ0v) is 18.2. The van der Waals surface area contributed by atoms with Gasteiger partial charge in [-0.15, -0.1) is 0 Å². The van der Waals surface area contributed by atoms with Crippen molar-refractivity contribution in [2.24, 2.45) is 5.92 Å². The van der Waals surface area contributed by atoms with E-state index in [4.69, 9.17) is 0 Å². The summed E-state index contributed by atoms with van der Waals surface area (Å²) >= 11 is 0. The van der Waals surface area contributed by atoms with Crippen LogP contribution in [-0.4, -0.2) is 70.2 Å². The monoisotopic (exact) mass is 443 g/mol. The second kappa shape index (κ2) is 10.4. The third kappa shape index (κ3) is 5.34. The molecule has 3 heterocycles. The SMILES string of the molecule is CCC(O)CNC(=O)c1cc(C#N)c(N2CCC(C(=O)O)CC2)nc1CN1CCCC1=O. The molecule has 3 N–H and O–H groups in total. The van der Waals surface area contributed by atoms with Crippen molar-refractivity contribution in [2.75, 3.05) is 31.1 Å². The van der Waals surface area contributed by atoms with E-state index in [0.717, 1.165) is 6.42 Å². The van der Waals surface area contributed by atoms with E-state index in [-0.39, 0.29) is 30.1 Å². The topological polar surface area (TPSA) is 147 Å². The van der Waals surface area contributed by atoms with Crippen molar-refractivity contribution in [1.29, 1.82) is 5.26 Å². The molecule has 1 aromatic rings. The van der Waals surface area contributed by atoms with Crippen LogP contribution in [0.2, 0.25) is 0 Å². The van der Waals surface area contributed by atoms with Gasteiger partial charge >= 0.3 is 5.97 Å². The van der Waals surface area contributed by atoms with Crippen molar-refractivity contribution in [3.63, 3.8) is 0 Å². The Morgan fingerprint density at radius 3 is 2.62 bits per heavy atom. The Balaban J connectivity index is 1.92. The van der Waals surface area contributed by atoms with Crippen LogP contribution in [0.4, 0.5) is 5.82 Å². The maximum atomic E-state index is 12.9. The largest absolute Gasteiger partial charge is 0.481 e. The van der Waals surface area contributed by atoms with E-state index in [1.54, 1.807) is 11.8 Å². The molecule has 10 heteroatoms. The van der Waals surface area contributed by atoms with E-state index in [0.29, 0.717) is 56.8 Å². The van der Waals surface area contributed by atoms with Gasteiger partial charge in [-0.2, -0.15) is 5.26 Å². The second-order valence-electron chi connectivity index (χ2n) is 8.26. The number of carboxylic acid groups (broad SMARTS) is 1. The van der Waals surface area contributed by atoms with Crippen molar-refractivity contribution in [3.8, 4) is 6.07 Å². The number of nitriles is 1. The molecule has 2 fully saturated rings. The molecule has 172 valence electrons. The number of likely N-dealkylation sites (tertiary alicyclic amines) is 1. The van der Waals surface area contributed by atoms with Crippen LogP contribution in [-0.2, 0) is 16.1 Å². The molecule has 0 spiro atoms. The molecule has 0 radical (unpaired) electrons. The van der Waals surface area contributed by atoms with Crippen LogP contribution in [0.1, 0.15) is 60.6 Å². The third-order valence-corrected chi connectivity index (χ3v) is 6.07. The molecule has 1 atom stereocenters. The minimum absolute atomic E-state index is 0.00672. The summed E-state index contributed by atoms with van der Waals surface area (Å²) in [5.41, 5.74) is 0.809. The van der Waals surface area contributed by atoms with Gasteiger partial charge in [0.2, 0.25) is 5.91 Å². The highest BCUT2D eigenvalue weighted by Crippen LogP contribution is 2.28. The Bertz CT molecular complexity index is 920. The van der Waals surface area contributed by atoms with Crippen LogP contribution in [0.3, 0.4) is 0 Å². The van der Waals surface area contributed by atoms with E-state index >= 15 is 0 Å². The lowest BCUT2D eigenvalue weighted by atomic mass is 9.96. The number of nitrogens with one attached hydrogen (secondary N) is 1. The highest BCUT2D eigenvalue weighted by atomic mass is 16.4. The highest BCUT2D eigenvalue weighted by molar-refractivity contribution is 5.96. The summed E-state index contributed by atoms with van der Waals surface area (Å²) in [6.07, 6.45) is 1.89. The molecule has 3 rings (SSSR count). The molecule has 2 amide bonds. The number of piperidine rings is 1. The summed E-state index contributed by atoms with van der Waals surface area (Å²) in [4.78, 5) is 44.5. The number of pyridine rings is 1. The van der Waals surface area contributed by atoms with Crippen LogP contribution in [0, 0.1) is 17.2 Å². The summed E-state index contributed by atoms with van der Waals surface area (Å²) in [5, 5.41) is 31.4. The average Bonchev–Trinajstić information content (AvgIpc) is 3.21. The van der Waals surface area contributed by atoms with E-state index in [9.17, 15) is 29.9 Å². The van der Waals surface area contributed by atoms with E-state index in [1.807, 2.05) is 4.90 Å². The minimum Gasteiger partial charge on any atom is -0.481 e. The number of anilines is 1. The van der Waals surface area contributed by atoms with E-state index in [1.165, 1.54) is 6.07 Å². The van der Waals surface area contributed by atoms with Gasteiger partial charge in [0.1, 0.15) is 11.9 Å². The predicted octanol–water partition coefficient (Wildman–Crippen LogP) is 0.877. The minimum atomic E-state index is -0.826. The van der Waals surface area contributed by atoms with Crippen LogP contribution < -0.4 is 10.2 Å². The maximum Gasteiger partial charge on any atom is 0.306 e. The van der Waals surface area contributed by atoms with Gasteiger partial charge in [-0.1, -0.05) is 6.92 Å². The van der Waals surface area contributed by atoms with Gasteiger partial charge in [0.15, 0.2) is 0 Å². The van der Waals surface area contributed by atoms with Crippen molar-refractivity contribution >= 4 is 23.6 Å². The zero-order valence-electron chi connectivity index (χ0n) is 18.2. The summed E-state index contributed by atoms with van der Waals surface area (Å²) in [6.45, 7) is 3.49. The van der Waals surface area contributed by atoms with Gasteiger partial charge in [-0.05, 0) is 31.7 Å². The molecule has 0 saturated carbocycles. The lowest BCUT2D eigenvalue weighted by Crippen LogP contribution is -2.38. The number of carbonyl (C=O) groups excluding carboxylic acids is 2. The quantitative estimate of drug-likeness (QED) is 0.536. The van der Waals surface area contributed by atoms with Gasteiger partial charge in [0.05, 0.1) is 35.4 Å². The molecule has 1 aromatic heterocycles. The normalized spacial score (nSPS) is 17.8. The Labute approximate surface area is 186 Å². The number of aliphatic hydroxyl groups excluding tert-OH is 1. The Morgan fingerprint density at radius 1 is 1.34 bits per heavy atom. The first-order valence-electron chi connectivity index (χ1n) is 11.0. The van der Waals surface area contributed by atoms with Crippen LogP contribution in [0.5, 0.6) is 0 Å². The number of aromatic nitrogens is 1. The number of aliphatic hydroxyl groups is 1. The average molecular weight is 444 g/mol. The Kier molecular flexibility index (Phi) is 7.64. The fourth-order valence-corrected chi connectivity index (χ4v) is 4.02. The first kappa shape index (κ1) is 23.5. The number of carbonyl (C=O) groups is 3. The maximum absolute atomic E-state index is 12.9. The fraction of sp³-hybridized carbons (Fsp3) is 0.591. The smallest absolute Gasteiger partial charge is 0.306 e. The summed E-state index contributed by atoms with van der Waals surface area (Å²) in [6, 6.07) is 3.58. The number of hydrogen-bond acceptors (Lipinski definition) is 7. The van der Waals surface area contributed by atoms with Gasteiger partial charge in [-0.3, -0.25) is 14.4 Å². The molecule has 2 aliphatic heterocycles. The summed E-state index contributed by atoms with van der Waals surface area (Å²) in [7, 11) is 0. The van der Waals surface area contributed by atoms with Crippen molar-refractivity contribution < 1.29 is 24.6 Å². The number of nitrogens with zero attached hydrogens (tertiary/aromatic N) is 4. The molecular formula is C22H29N5O5. The van der Waals surface area contributed by atoms with Crippen molar-refractivity contribution in [3.05, 3.63) is 22.9 Å². The van der Waals surface area contributed by atoms with Gasteiger partial charge < -0.3 is 25.3 Å². The van der Waals surface area contributed by atoms with Gasteiger partial charge in [0, 0.05) is 32.6 Å². The van der Waals surface area contributed by atoms with Crippen LogP contribution in [0.25, 0.3) is 0 Å². The summed E-state index contributed by atoms with van der Waals surface area (Å²) in [5.74, 6) is -1.31. The standard InChI is InChI=1S/C22H29N5O5/c1-2-16(28)12-24-21(30)17-10-15(11-23)20(26-8-5-14(6-9-26)22(31)32)25-18(17)13-27-7-3-4-19(27)29/h10,14,16,28H,2-9,12-13H2,1H3,(H,24,30)(H,31,32). The molecule has 2 saturated heterocycles. The predicted molar refractivity (Wildman–Crippen MR) is 115 cm³/mol.